The van der Waals surface area contributed by atoms with Gasteiger partial charge in [-0.3, -0.25) is 4.79 Å². The van der Waals surface area contributed by atoms with Crippen molar-refractivity contribution in [3.8, 4) is 0 Å². The smallest absolute Gasteiger partial charge is 0.263 e. The Morgan fingerprint density at radius 2 is 2.24 bits per heavy atom. The van der Waals surface area contributed by atoms with Crippen molar-refractivity contribution < 1.29 is 9.21 Å². The summed E-state index contributed by atoms with van der Waals surface area (Å²) in [6, 6.07) is 9.75. The van der Waals surface area contributed by atoms with E-state index in [4.69, 9.17) is 10.2 Å². The molecular formula is C16H16N2O2S. The number of furan rings is 1. The molecule has 3 rings (SSSR count). The van der Waals surface area contributed by atoms with Crippen molar-refractivity contribution in [3.05, 3.63) is 52.8 Å². The summed E-state index contributed by atoms with van der Waals surface area (Å²) in [6.45, 7) is 2.55. The molecule has 0 saturated heterocycles. The summed E-state index contributed by atoms with van der Waals surface area (Å²) in [6.07, 6.45) is 2.30. The quantitative estimate of drug-likeness (QED) is 0.776. The number of nitrogens with one attached hydrogen (secondary N) is 1. The molecule has 0 fully saturated rings. The van der Waals surface area contributed by atoms with E-state index in [1.165, 1.54) is 11.3 Å². The van der Waals surface area contributed by atoms with E-state index < -0.39 is 0 Å². The number of carbonyl (C=O) groups excluding carboxylic acids is 1. The number of anilines is 1. The molecule has 108 valence electrons. The average Bonchev–Trinajstić information content (AvgIpc) is 3.07. The Morgan fingerprint density at radius 3 is 3.00 bits per heavy atom. The lowest BCUT2D eigenvalue weighted by Crippen LogP contribution is -2.25. The van der Waals surface area contributed by atoms with Gasteiger partial charge in [-0.15, -0.1) is 11.3 Å². The Balaban J connectivity index is 1.73. The van der Waals surface area contributed by atoms with Crippen LogP contribution in [0.2, 0.25) is 0 Å². The lowest BCUT2D eigenvalue weighted by atomic mass is 10.1. The van der Waals surface area contributed by atoms with Gasteiger partial charge in [-0.2, -0.15) is 0 Å². The molecule has 0 unspecified atom stereocenters. The second-order valence-electron chi connectivity index (χ2n) is 4.93. The lowest BCUT2D eigenvalue weighted by molar-refractivity contribution is 0.0958. The minimum absolute atomic E-state index is 0.127. The second-order valence-corrected chi connectivity index (χ2v) is 5.98. The minimum atomic E-state index is -0.127. The fourth-order valence-corrected chi connectivity index (χ4v) is 3.36. The molecule has 0 aliphatic carbocycles. The Kier molecular flexibility index (Phi) is 3.66. The van der Waals surface area contributed by atoms with Crippen LogP contribution in [0.15, 0.2) is 41.0 Å². The van der Waals surface area contributed by atoms with E-state index >= 15 is 0 Å². The SMILES string of the molecule is Cc1ccc2c(N)c(C(=O)NCCc3ccco3)sc2c1. The van der Waals surface area contributed by atoms with Crippen LogP contribution >= 0.6 is 11.3 Å². The van der Waals surface area contributed by atoms with Gasteiger partial charge >= 0.3 is 0 Å². The third-order valence-electron chi connectivity index (χ3n) is 3.33. The van der Waals surface area contributed by atoms with Crippen molar-refractivity contribution in [3.63, 3.8) is 0 Å². The third-order valence-corrected chi connectivity index (χ3v) is 4.49. The highest BCUT2D eigenvalue weighted by Gasteiger charge is 2.16. The van der Waals surface area contributed by atoms with Crippen LogP contribution in [0, 0.1) is 6.92 Å². The summed E-state index contributed by atoms with van der Waals surface area (Å²) < 4.78 is 6.28. The summed E-state index contributed by atoms with van der Waals surface area (Å²) in [7, 11) is 0. The highest BCUT2D eigenvalue weighted by atomic mass is 32.1. The van der Waals surface area contributed by atoms with Crippen LogP contribution in [-0.4, -0.2) is 12.5 Å². The second kappa shape index (κ2) is 5.61. The Labute approximate surface area is 126 Å². The first kappa shape index (κ1) is 13.7. The number of fused-ring (bicyclic) bond motifs is 1. The van der Waals surface area contributed by atoms with Gasteiger partial charge in [0.1, 0.15) is 10.6 Å². The normalized spacial score (nSPS) is 10.9. The van der Waals surface area contributed by atoms with Crippen molar-refractivity contribution in [1.82, 2.24) is 5.32 Å². The van der Waals surface area contributed by atoms with Crippen LogP contribution in [0.5, 0.6) is 0 Å². The zero-order chi connectivity index (χ0) is 14.8. The first-order valence-corrected chi connectivity index (χ1v) is 7.56. The van der Waals surface area contributed by atoms with Crippen LogP contribution in [0.3, 0.4) is 0 Å². The molecule has 5 heteroatoms. The number of aryl methyl sites for hydroxylation is 1. The molecule has 0 bridgehead atoms. The average molecular weight is 300 g/mol. The van der Waals surface area contributed by atoms with Crippen LogP contribution < -0.4 is 11.1 Å². The van der Waals surface area contributed by atoms with E-state index in [2.05, 4.69) is 11.4 Å². The van der Waals surface area contributed by atoms with Gasteiger partial charge in [0.25, 0.3) is 5.91 Å². The maximum Gasteiger partial charge on any atom is 0.263 e. The molecule has 0 atom stereocenters. The zero-order valence-electron chi connectivity index (χ0n) is 11.7. The van der Waals surface area contributed by atoms with Crippen molar-refractivity contribution in [1.29, 1.82) is 0 Å². The topological polar surface area (TPSA) is 68.3 Å². The summed E-state index contributed by atoms with van der Waals surface area (Å²) in [5.41, 5.74) is 7.81. The highest BCUT2D eigenvalue weighted by Crippen LogP contribution is 2.34. The summed E-state index contributed by atoms with van der Waals surface area (Å²) in [4.78, 5) is 12.8. The molecule has 0 radical (unpaired) electrons. The molecule has 0 spiro atoms. The number of nitrogen functional groups attached to an aromatic ring is 1. The fourth-order valence-electron chi connectivity index (χ4n) is 2.23. The molecule has 3 N–H and O–H groups in total. The highest BCUT2D eigenvalue weighted by molar-refractivity contribution is 7.21. The van der Waals surface area contributed by atoms with E-state index in [0.29, 0.717) is 23.5 Å². The summed E-state index contributed by atoms with van der Waals surface area (Å²) in [5, 5.41) is 3.83. The molecule has 0 aliphatic rings. The molecule has 1 amide bonds. The molecule has 2 aromatic heterocycles. The van der Waals surface area contributed by atoms with Crippen molar-refractivity contribution in [2.24, 2.45) is 0 Å². The van der Waals surface area contributed by atoms with E-state index in [9.17, 15) is 4.79 Å². The molecule has 21 heavy (non-hydrogen) atoms. The maximum absolute atomic E-state index is 12.2. The standard InChI is InChI=1S/C16H16N2O2S/c1-10-4-5-12-13(9-10)21-15(14(12)17)16(19)18-7-6-11-3-2-8-20-11/h2-5,8-9H,6-7,17H2,1H3,(H,18,19). The van der Waals surface area contributed by atoms with Gasteiger partial charge in [0.2, 0.25) is 0 Å². The van der Waals surface area contributed by atoms with Gasteiger partial charge in [-0.25, -0.2) is 0 Å². The molecule has 3 aromatic rings. The van der Waals surface area contributed by atoms with Gasteiger partial charge in [-0.05, 0) is 30.7 Å². The monoisotopic (exact) mass is 300 g/mol. The fraction of sp³-hybridized carbons (Fsp3) is 0.188. The zero-order valence-corrected chi connectivity index (χ0v) is 12.5. The van der Waals surface area contributed by atoms with Crippen molar-refractivity contribution >= 4 is 33.0 Å². The molecule has 0 saturated carbocycles. The number of carbonyl (C=O) groups is 1. The van der Waals surface area contributed by atoms with E-state index in [1.54, 1.807) is 6.26 Å². The van der Waals surface area contributed by atoms with Crippen molar-refractivity contribution in [2.45, 2.75) is 13.3 Å². The lowest BCUT2D eigenvalue weighted by Gasteiger charge is -2.02. The molecule has 2 heterocycles. The largest absolute Gasteiger partial charge is 0.469 e. The van der Waals surface area contributed by atoms with Gasteiger partial charge in [0.05, 0.1) is 12.0 Å². The maximum atomic E-state index is 12.2. The number of rotatable bonds is 4. The summed E-state index contributed by atoms with van der Waals surface area (Å²) >= 11 is 1.43. The number of amides is 1. The van der Waals surface area contributed by atoms with Gasteiger partial charge in [-0.1, -0.05) is 12.1 Å². The Hall–Kier alpha value is -2.27. The van der Waals surface area contributed by atoms with Crippen LogP contribution in [0.25, 0.3) is 10.1 Å². The molecule has 4 nitrogen and oxygen atoms in total. The van der Waals surface area contributed by atoms with Gasteiger partial charge in [0, 0.05) is 23.1 Å². The Morgan fingerprint density at radius 1 is 1.38 bits per heavy atom. The van der Waals surface area contributed by atoms with E-state index in [-0.39, 0.29) is 5.91 Å². The predicted octanol–water partition coefficient (Wildman–Crippen LogP) is 3.36. The minimum Gasteiger partial charge on any atom is -0.469 e. The predicted molar refractivity (Wildman–Crippen MR) is 85.7 cm³/mol. The molecule has 1 aromatic carbocycles. The number of thiophene rings is 1. The van der Waals surface area contributed by atoms with E-state index in [1.807, 2.05) is 31.2 Å². The third kappa shape index (κ3) is 2.78. The van der Waals surface area contributed by atoms with Crippen LogP contribution in [0.1, 0.15) is 21.0 Å². The first-order valence-electron chi connectivity index (χ1n) is 6.74. The number of benzene rings is 1. The van der Waals surface area contributed by atoms with E-state index in [0.717, 1.165) is 21.4 Å². The number of hydrogen-bond acceptors (Lipinski definition) is 4. The Bertz CT molecular complexity index is 775. The van der Waals surface area contributed by atoms with Crippen LogP contribution in [0.4, 0.5) is 5.69 Å². The number of hydrogen-bond donors (Lipinski definition) is 2. The van der Waals surface area contributed by atoms with Gasteiger partial charge < -0.3 is 15.5 Å². The first-order chi connectivity index (χ1) is 10.1. The van der Waals surface area contributed by atoms with Gasteiger partial charge in [0.15, 0.2) is 0 Å². The van der Waals surface area contributed by atoms with Crippen LogP contribution in [-0.2, 0) is 6.42 Å². The number of nitrogens with two attached hydrogens (primary N) is 1. The molecular weight excluding hydrogens is 284 g/mol. The molecule has 0 aliphatic heterocycles. The van der Waals surface area contributed by atoms with Crippen molar-refractivity contribution in [2.75, 3.05) is 12.3 Å². The summed E-state index contributed by atoms with van der Waals surface area (Å²) in [5.74, 6) is 0.730.